The first kappa shape index (κ1) is 12.4. The molecule has 4 heteroatoms. The van der Waals surface area contributed by atoms with E-state index < -0.39 is 0 Å². The summed E-state index contributed by atoms with van der Waals surface area (Å²) in [5, 5.41) is 6.25. The summed E-state index contributed by atoms with van der Waals surface area (Å²) in [7, 11) is 1.85. The standard InChI is InChI=1S/C14H16FN3/c1-16-12-8-13(10-17-9-12)18-7-6-11-4-2-3-5-14(11)15/h2-5,8-10,16,18H,6-7H2,1H3. The molecule has 3 nitrogen and oxygen atoms in total. The number of halogens is 1. The highest BCUT2D eigenvalue weighted by Gasteiger charge is 2.00. The molecule has 2 aromatic rings. The Kier molecular flexibility index (Phi) is 4.12. The van der Waals surface area contributed by atoms with Gasteiger partial charge in [-0.3, -0.25) is 4.98 Å². The van der Waals surface area contributed by atoms with E-state index in [0.717, 1.165) is 16.9 Å². The Hall–Kier alpha value is -2.10. The van der Waals surface area contributed by atoms with Crippen molar-refractivity contribution in [2.24, 2.45) is 0 Å². The molecule has 0 unspecified atom stereocenters. The average molecular weight is 245 g/mol. The van der Waals surface area contributed by atoms with Crippen LogP contribution in [0.1, 0.15) is 5.56 Å². The normalized spacial score (nSPS) is 10.1. The van der Waals surface area contributed by atoms with E-state index in [1.807, 2.05) is 19.2 Å². The SMILES string of the molecule is CNc1cncc(NCCc2ccccc2F)c1. The summed E-state index contributed by atoms with van der Waals surface area (Å²) in [5.41, 5.74) is 2.60. The summed E-state index contributed by atoms with van der Waals surface area (Å²) in [6.07, 6.45) is 4.15. The second kappa shape index (κ2) is 6.00. The predicted octanol–water partition coefficient (Wildman–Crippen LogP) is 2.92. The summed E-state index contributed by atoms with van der Waals surface area (Å²) in [6.45, 7) is 0.676. The summed E-state index contributed by atoms with van der Waals surface area (Å²) in [4.78, 5) is 4.10. The maximum absolute atomic E-state index is 13.4. The number of hydrogen-bond acceptors (Lipinski definition) is 3. The molecule has 0 radical (unpaired) electrons. The van der Waals surface area contributed by atoms with Gasteiger partial charge in [0.15, 0.2) is 0 Å². The molecular formula is C14H16FN3. The molecule has 0 spiro atoms. The highest BCUT2D eigenvalue weighted by Crippen LogP contribution is 2.12. The number of benzene rings is 1. The van der Waals surface area contributed by atoms with Crippen LogP contribution < -0.4 is 10.6 Å². The zero-order chi connectivity index (χ0) is 12.8. The third-order valence-corrected chi connectivity index (χ3v) is 2.71. The second-order valence-electron chi connectivity index (χ2n) is 3.98. The van der Waals surface area contributed by atoms with Crippen LogP contribution in [0.5, 0.6) is 0 Å². The van der Waals surface area contributed by atoms with Crippen molar-refractivity contribution in [2.75, 3.05) is 24.2 Å². The number of rotatable bonds is 5. The Balaban J connectivity index is 1.90. The highest BCUT2D eigenvalue weighted by atomic mass is 19.1. The Morgan fingerprint density at radius 2 is 1.94 bits per heavy atom. The number of aromatic nitrogens is 1. The minimum atomic E-state index is -0.151. The van der Waals surface area contributed by atoms with Gasteiger partial charge in [-0.25, -0.2) is 4.39 Å². The predicted molar refractivity (Wildman–Crippen MR) is 72.4 cm³/mol. The van der Waals surface area contributed by atoms with Crippen molar-refractivity contribution in [1.29, 1.82) is 0 Å². The van der Waals surface area contributed by atoms with Gasteiger partial charge in [0.2, 0.25) is 0 Å². The van der Waals surface area contributed by atoms with E-state index in [2.05, 4.69) is 15.6 Å². The molecule has 2 N–H and O–H groups in total. The van der Waals surface area contributed by atoms with Crippen LogP contribution in [0.2, 0.25) is 0 Å². The van der Waals surface area contributed by atoms with E-state index in [4.69, 9.17) is 0 Å². The van der Waals surface area contributed by atoms with Gasteiger partial charge in [0.1, 0.15) is 5.82 Å². The van der Waals surface area contributed by atoms with Gasteiger partial charge in [-0.2, -0.15) is 0 Å². The van der Waals surface area contributed by atoms with Crippen LogP contribution in [0.15, 0.2) is 42.7 Å². The van der Waals surface area contributed by atoms with Gasteiger partial charge in [-0.1, -0.05) is 18.2 Å². The Bertz CT molecular complexity index is 514. The minimum Gasteiger partial charge on any atom is -0.387 e. The second-order valence-corrected chi connectivity index (χ2v) is 3.98. The van der Waals surface area contributed by atoms with E-state index in [1.165, 1.54) is 6.07 Å². The molecule has 0 fully saturated rings. The fraction of sp³-hybridized carbons (Fsp3) is 0.214. The molecule has 0 saturated heterocycles. The Morgan fingerprint density at radius 3 is 2.72 bits per heavy atom. The monoisotopic (exact) mass is 245 g/mol. The molecule has 0 atom stereocenters. The van der Waals surface area contributed by atoms with Gasteiger partial charge in [0.05, 0.1) is 23.8 Å². The quantitative estimate of drug-likeness (QED) is 0.850. The average Bonchev–Trinajstić information content (AvgIpc) is 2.41. The molecule has 0 amide bonds. The summed E-state index contributed by atoms with van der Waals surface area (Å²) in [6, 6.07) is 8.81. The largest absolute Gasteiger partial charge is 0.387 e. The van der Waals surface area contributed by atoms with Crippen LogP contribution in [0.4, 0.5) is 15.8 Å². The number of nitrogens with one attached hydrogen (secondary N) is 2. The van der Waals surface area contributed by atoms with Gasteiger partial charge in [0, 0.05) is 13.6 Å². The van der Waals surface area contributed by atoms with E-state index in [1.54, 1.807) is 24.5 Å². The maximum Gasteiger partial charge on any atom is 0.126 e. The third kappa shape index (κ3) is 3.20. The van der Waals surface area contributed by atoms with Crippen molar-refractivity contribution in [3.05, 3.63) is 54.1 Å². The van der Waals surface area contributed by atoms with Crippen molar-refractivity contribution >= 4 is 11.4 Å². The first-order valence-electron chi connectivity index (χ1n) is 5.89. The van der Waals surface area contributed by atoms with Gasteiger partial charge in [-0.05, 0) is 24.1 Å². The molecule has 18 heavy (non-hydrogen) atoms. The highest BCUT2D eigenvalue weighted by molar-refractivity contribution is 5.53. The number of hydrogen-bond donors (Lipinski definition) is 2. The molecule has 0 aliphatic carbocycles. The first-order valence-corrected chi connectivity index (χ1v) is 5.89. The van der Waals surface area contributed by atoms with E-state index in [0.29, 0.717) is 13.0 Å². The maximum atomic E-state index is 13.4. The topological polar surface area (TPSA) is 37.0 Å². The lowest BCUT2D eigenvalue weighted by molar-refractivity contribution is 0.610. The molecule has 0 bridgehead atoms. The van der Waals surface area contributed by atoms with E-state index in [-0.39, 0.29) is 5.82 Å². The van der Waals surface area contributed by atoms with Crippen molar-refractivity contribution < 1.29 is 4.39 Å². The van der Waals surface area contributed by atoms with Crippen LogP contribution >= 0.6 is 0 Å². The van der Waals surface area contributed by atoms with Crippen molar-refractivity contribution in [3.63, 3.8) is 0 Å². The molecule has 1 aromatic carbocycles. The lowest BCUT2D eigenvalue weighted by Gasteiger charge is -2.08. The van der Waals surface area contributed by atoms with Gasteiger partial charge < -0.3 is 10.6 Å². The molecule has 1 heterocycles. The van der Waals surface area contributed by atoms with Crippen LogP contribution in [0, 0.1) is 5.82 Å². The van der Waals surface area contributed by atoms with Gasteiger partial charge in [0.25, 0.3) is 0 Å². The van der Waals surface area contributed by atoms with Crippen LogP contribution in [0.25, 0.3) is 0 Å². The van der Waals surface area contributed by atoms with Crippen LogP contribution in [0.3, 0.4) is 0 Å². The number of nitrogens with zero attached hydrogens (tertiary/aromatic N) is 1. The molecule has 94 valence electrons. The summed E-state index contributed by atoms with van der Waals surface area (Å²) in [5.74, 6) is -0.151. The van der Waals surface area contributed by atoms with E-state index >= 15 is 0 Å². The lowest BCUT2D eigenvalue weighted by Crippen LogP contribution is -2.06. The fourth-order valence-corrected chi connectivity index (χ4v) is 1.72. The summed E-state index contributed by atoms with van der Waals surface area (Å²) >= 11 is 0. The Morgan fingerprint density at radius 1 is 1.17 bits per heavy atom. The molecule has 1 aromatic heterocycles. The van der Waals surface area contributed by atoms with Gasteiger partial charge >= 0.3 is 0 Å². The molecule has 0 saturated carbocycles. The van der Waals surface area contributed by atoms with Crippen molar-refractivity contribution in [2.45, 2.75) is 6.42 Å². The first-order chi connectivity index (χ1) is 8.79. The zero-order valence-electron chi connectivity index (χ0n) is 10.3. The zero-order valence-corrected chi connectivity index (χ0v) is 10.3. The molecule has 2 rings (SSSR count). The number of anilines is 2. The molecule has 0 aliphatic rings. The third-order valence-electron chi connectivity index (χ3n) is 2.71. The molecule has 0 aliphatic heterocycles. The summed E-state index contributed by atoms with van der Waals surface area (Å²) < 4.78 is 13.4. The van der Waals surface area contributed by atoms with Crippen molar-refractivity contribution in [3.8, 4) is 0 Å². The van der Waals surface area contributed by atoms with Gasteiger partial charge in [-0.15, -0.1) is 0 Å². The number of pyridine rings is 1. The van der Waals surface area contributed by atoms with E-state index in [9.17, 15) is 4.39 Å². The molecular weight excluding hydrogens is 229 g/mol. The Labute approximate surface area is 106 Å². The van der Waals surface area contributed by atoms with Crippen LogP contribution in [-0.4, -0.2) is 18.6 Å². The minimum absolute atomic E-state index is 0.151. The van der Waals surface area contributed by atoms with Crippen LogP contribution in [-0.2, 0) is 6.42 Å². The lowest BCUT2D eigenvalue weighted by atomic mass is 10.1. The fourth-order valence-electron chi connectivity index (χ4n) is 1.72. The van der Waals surface area contributed by atoms with Crippen molar-refractivity contribution in [1.82, 2.24) is 4.98 Å². The smallest absolute Gasteiger partial charge is 0.126 e.